The summed E-state index contributed by atoms with van der Waals surface area (Å²) in [6, 6.07) is 5.16. The second-order valence-electron chi connectivity index (χ2n) is 2.13. The predicted molar refractivity (Wildman–Crippen MR) is 42.5 cm³/mol. The van der Waals surface area contributed by atoms with E-state index in [2.05, 4.69) is 0 Å². The first-order valence-corrected chi connectivity index (χ1v) is 3.59. The van der Waals surface area contributed by atoms with Crippen LogP contribution >= 0.6 is 11.6 Å². The van der Waals surface area contributed by atoms with Crippen molar-refractivity contribution in [3.63, 3.8) is 0 Å². The summed E-state index contributed by atoms with van der Waals surface area (Å²) in [5.74, 6) is 0.287. The van der Waals surface area contributed by atoms with Gasteiger partial charge in [0, 0.05) is 5.02 Å². The first-order valence-electron chi connectivity index (χ1n) is 3.21. The third kappa shape index (κ3) is 1.42. The van der Waals surface area contributed by atoms with Gasteiger partial charge in [0.1, 0.15) is 5.75 Å². The Morgan fingerprint density at radius 1 is 1.50 bits per heavy atom. The number of hydrogen-bond donors (Lipinski definition) is 1. The van der Waals surface area contributed by atoms with E-state index in [9.17, 15) is 5.11 Å². The molecule has 10 heavy (non-hydrogen) atoms. The van der Waals surface area contributed by atoms with Gasteiger partial charge >= 0.3 is 0 Å². The molecule has 0 saturated heterocycles. The van der Waals surface area contributed by atoms with E-state index in [-0.39, 0.29) is 5.75 Å². The Bertz CT molecular complexity index is 233. The van der Waals surface area contributed by atoms with E-state index >= 15 is 0 Å². The lowest BCUT2D eigenvalue weighted by Gasteiger charge is -1.99. The Balaban J connectivity index is 3.07. The highest BCUT2D eigenvalue weighted by Crippen LogP contribution is 2.21. The van der Waals surface area contributed by atoms with Gasteiger partial charge in [0.25, 0.3) is 0 Å². The summed E-state index contributed by atoms with van der Waals surface area (Å²) >= 11 is 5.61. The van der Waals surface area contributed by atoms with E-state index in [1.54, 1.807) is 12.1 Å². The maximum atomic E-state index is 9.21. The Labute approximate surface area is 65.3 Å². The SMILES string of the molecule is CCc1ccc(Cl)cc1O. The van der Waals surface area contributed by atoms with Crippen LogP contribution in [0.25, 0.3) is 0 Å². The van der Waals surface area contributed by atoms with E-state index in [0.29, 0.717) is 5.02 Å². The fraction of sp³-hybridized carbons (Fsp3) is 0.250. The lowest BCUT2D eigenvalue weighted by Crippen LogP contribution is -1.79. The number of benzene rings is 1. The quantitative estimate of drug-likeness (QED) is 0.663. The molecule has 2 heteroatoms. The van der Waals surface area contributed by atoms with Crippen molar-refractivity contribution >= 4 is 11.6 Å². The van der Waals surface area contributed by atoms with Crippen LogP contribution in [0.3, 0.4) is 0 Å². The number of halogens is 1. The molecule has 0 aromatic heterocycles. The molecular formula is C8H9ClO. The molecule has 0 saturated carbocycles. The molecule has 0 spiro atoms. The van der Waals surface area contributed by atoms with Crippen molar-refractivity contribution in [2.45, 2.75) is 13.3 Å². The minimum Gasteiger partial charge on any atom is -0.508 e. The first-order chi connectivity index (χ1) is 4.74. The maximum Gasteiger partial charge on any atom is 0.120 e. The van der Waals surface area contributed by atoms with E-state index in [4.69, 9.17) is 11.6 Å². The minimum atomic E-state index is 0.287. The van der Waals surface area contributed by atoms with Crippen LogP contribution in [0.1, 0.15) is 12.5 Å². The van der Waals surface area contributed by atoms with Gasteiger partial charge in [-0.3, -0.25) is 0 Å². The van der Waals surface area contributed by atoms with Gasteiger partial charge in [0.05, 0.1) is 0 Å². The molecule has 0 bridgehead atoms. The van der Waals surface area contributed by atoms with Gasteiger partial charge in [-0.05, 0) is 24.1 Å². The number of phenols is 1. The normalized spacial score (nSPS) is 9.80. The van der Waals surface area contributed by atoms with Crippen molar-refractivity contribution in [2.75, 3.05) is 0 Å². The monoisotopic (exact) mass is 156 g/mol. The zero-order chi connectivity index (χ0) is 7.56. The molecule has 0 aliphatic carbocycles. The van der Waals surface area contributed by atoms with E-state index < -0.39 is 0 Å². The van der Waals surface area contributed by atoms with Gasteiger partial charge in [0.2, 0.25) is 0 Å². The standard InChI is InChI=1S/C8H9ClO/c1-2-6-3-4-7(9)5-8(6)10/h3-5,10H,2H2,1H3. The Morgan fingerprint density at radius 2 is 2.20 bits per heavy atom. The molecule has 0 aliphatic rings. The first kappa shape index (κ1) is 7.42. The van der Waals surface area contributed by atoms with Crippen molar-refractivity contribution in [2.24, 2.45) is 0 Å². The molecule has 1 aromatic carbocycles. The Kier molecular flexibility index (Phi) is 2.17. The molecule has 0 amide bonds. The Hall–Kier alpha value is -0.690. The fourth-order valence-corrected chi connectivity index (χ4v) is 1.00. The highest BCUT2D eigenvalue weighted by atomic mass is 35.5. The van der Waals surface area contributed by atoms with E-state index in [1.807, 2.05) is 13.0 Å². The van der Waals surface area contributed by atoms with Crippen LogP contribution in [-0.2, 0) is 6.42 Å². The molecule has 0 heterocycles. The van der Waals surface area contributed by atoms with Crippen LogP contribution in [0, 0.1) is 0 Å². The zero-order valence-electron chi connectivity index (χ0n) is 5.76. The molecule has 54 valence electrons. The molecule has 0 unspecified atom stereocenters. The summed E-state index contributed by atoms with van der Waals surface area (Å²) in [5, 5.41) is 9.79. The van der Waals surface area contributed by atoms with Gasteiger partial charge in [0.15, 0.2) is 0 Å². The van der Waals surface area contributed by atoms with E-state index in [1.165, 1.54) is 0 Å². The molecule has 1 rings (SSSR count). The summed E-state index contributed by atoms with van der Waals surface area (Å²) < 4.78 is 0. The second-order valence-corrected chi connectivity index (χ2v) is 2.56. The molecule has 1 N–H and O–H groups in total. The van der Waals surface area contributed by atoms with E-state index in [0.717, 1.165) is 12.0 Å². The van der Waals surface area contributed by atoms with Crippen LogP contribution in [0.2, 0.25) is 5.02 Å². The number of aryl methyl sites for hydroxylation is 1. The minimum absolute atomic E-state index is 0.287. The number of hydrogen-bond acceptors (Lipinski definition) is 1. The average molecular weight is 157 g/mol. The van der Waals surface area contributed by atoms with Gasteiger partial charge in [-0.25, -0.2) is 0 Å². The molecule has 0 atom stereocenters. The summed E-state index contributed by atoms with van der Waals surface area (Å²) in [7, 11) is 0. The van der Waals surface area contributed by atoms with Crippen LogP contribution in [0.5, 0.6) is 5.75 Å². The number of phenolic OH excluding ortho intramolecular Hbond substituents is 1. The van der Waals surface area contributed by atoms with Gasteiger partial charge < -0.3 is 5.11 Å². The lowest BCUT2D eigenvalue weighted by atomic mass is 10.1. The number of aromatic hydroxyl groups is 1. The van der Waals surface area contributed by atoms with Crippen LogP contribution in [-0.4, -0.2) is 5.11 Å². The van der Waals surface area contributed by atoms with Gasteiger partial charge in [-0.15, -0.1) is 0 Å². The molecular weight excluding hydrogens is 148 g/mol. The van der Waals surface area contributed by atoms with Crippen molar-refractivity contribution in [1.29, 1.82) is 0 Å². The molecule has 1 nitrogen and oxygen atoms in total. The highest BCUT2D eigenvalue weighted by molar-refractivity contribution is 6.30. The van der Waals surface area contributed by atoms with Crippen molar-refractivity contribution in [3.8, 4) is 5.75 Å². The topological polar surface area (TPSA) is 20.2 Å². The van der Waals surface area contributed by atoms with Crippen molar-refractivity contribution < 1.29 is 5.11 Å². The average Bonchev–Trinajstić information content (AvgIpc) is 1.88. The van der Waals surface area contributed by atoms with Crippen molar-refractivity contribution in [1.82, 2.24) is 0 Å². The van der Waals surface area contributed by atoms with Crippen LogP contribution in [0.4, 0.5) is 0 Å². The second kappa shape index (κ2) is 2.93. The highest BCUT2D eigenvalue weighted by Gasteiger charge is 1.97. The predicted octanol–water partition coefficient (Wildman–Crippen LogP) is 2.61. The molecule has 0 radical (unpaired) electrons. The third-order valence-corrected chi connectivity index (χ3v) is 1.66. The molecule has 0 aliphatic heterocycles. The Morgan fingerprint density at radius 3 is 2.70 bits per heavy atom. The summed E-state index contributed by atoms with van der Waals surface area (Å²) in [6.45, 7) is 1.99. The fourth-order valence-electron chi connectivity index (χ4n) is 0.836. The molecule has 1 aromatic rings. The van der Waals surface area contributed by atoms with Crippen molar-refractivity contribution in [3.05, 3.63) is 28.8 Å². The largest absolute Gasteiger partial charge is 0.508 e. The summed E-state index contributed by atoms with van der Waals surface area (Å²) in [5.41, 5.74) is 0.935. The van der Waals surface area contributed by atoms with Crippen LogP contribution < -0.4 is 0 Å². The van der Waals surface area contributed by atoms with Gasteiger partial charge in [-0.2, -0.15) is 0 Å². The number of rotatable bonds is 1. The maximum absolute atomic E-state index is 9.21. The summed E-state index contributed by atoms with van der Waals surface area (Å²) in [4.78, 5) is 0. The summed E-state index contributed by atoms with van der Waals surface area (Å²) in [6.07, 6.45) is 0.836. The zero-order valence-corrected chi connectivity index (χ0v) is 6.52. The van der Waals surface area contributed by atoms with Gasteiger partial charge in [-0.1, -0.05) is 24.6 Å². The lowest BCUT2D eigenvalue weighted by molar-refractivity contribution is 0.469. The van der Waals surface area contributed by atoms with Crippen LogP contribution in [0.15, 0.2) is 18.2 Å². The third-order valence-electron chi connectivity index (χ3n) is 1.43. The smallest absolute Gasteiger partial charge is 0.120 e. The molecule has 0 fully saturated rings.